The molecule has 0 unspecified atom stereocenters. The Hall–Kier alpha value is -0.770. The Bertz CT molecular complexity index is 416. The number of esters is 1. The molecule has 4 rings (SSSR count). The van der Waals surface area contributed by atoms with Gasteiger partial charge in [0.1, 0.15) is 6.10 Å². The summed E-state index contributed by atoms with van der Waals surface area (Å²) < 4.78 is 5.27. The molecule has 0 amide bonds. The van der Waals surface area contributed by atoms with Crippen molar-refractivity contribution < 1.29 is 19.4 Å². The molecule has 1 heterocycles. The highest BCUT2D eigenvalue weighted by Gasteiger charge is 2.81. The van der Waals surface area contributed by atoms with Crippen LogP contribution in [0.2, 0.25) is 0 Å². The van der Waals surface area contributed by atoms with Crippen LogP contribution in [0, 0.1) is 29.1 Å². The first-order valence-corrected chi connectivity index (χ1v) is 6.09. The summed E-state index contributed by atoms with van der Waals surface area (Å²) in [5.41, 5.74) is 0.0248. The van der Waals surface area contributed by atoms with Crippen LogP contribution in [0.5, 0.6) is 0 Å². The van der Waals surface area contributed by atoms with Crippen molar-refractivity contribution in [3.05, 3.63) is 0 Å². The highest BCUT2D eigenvalue weighted by molar-refractivity contribution is 6.22. The largest absolute Gasteiger partial charge is 0.481 e. The molecule has 2 bridgehead atoms. The Morgan fingerprint density at radius 1 is 1.44 bits per heavy atom. The number of carbonyl (C=O) groups excluding carboxylic acids is 1. The van der Waals surface area contributed by atoms with E-state index in [1.807, 2.05) is 0 Å². The van der Waals surface area contributed by atoms with E-state index in [2.05, 4.69) is 0 Å². The maximum absolute atomic E-state index is 11.7. The van der Waals surface area contributed by atoms with Gasteiger partial charge in [0.25, 0.3) is 0 Å². The summed E-state index contributed by atoms with van der Waals surface area (Å²) in [6.07, 6.45) is 1.81. The Morgan fingerprint density at radius 2 is 2.12 bits per heavy atom. The van der Waals surface area contributed by atoms with Gasteiger partial charge in [-0.3, -0.25) is 9.59 Å². The van der Waals surface area contributed by atoms with Crippen molar-refractivity contribution in [2.45, 2.75) is 24.3 Å². The van der Waals surface area contributed by atoms with Gasteiger partial charge in [-0.05, 0) is 24.2 Å². The number of aliphatic carboxylic acids is 1. The monoisotopic (exact) mass is 242 g/mol. The van der Waals surface area contributed by atoms with E-state index in [0.717, 1.165) is 12.8 Å². The quantitative estimate of drug-likeness (QED) is 0.548. The molecule has 1 aliphatic heterocycles. The molecule has 3 aliphatic carbocycles. The van der Waals surface area contributed by atoms with Gasteiger partial charge in [-0.2, -0.15) is 0 Å². The zero-order valence-electron chi connectivity index (χ0n) is 8.43. The molecule has 5 heteroatoms. The zero-order chi connectivity index (χ0) is 11.2. The number of halogens is 1. The molecular formula is C11H11ClO4. The molecule has 0 radical (unpaired) electrons. The molecule has 4 fully saturated rings. The molecule has 0 aromatic heterocycles. The topological polar surface area (TPSA) is 63.6 Å². The number of carbonyl (C=O) groups is 2. The molecule has 0 aromatic rings. The number of ether oxygens (including phenoxy) is 1. The molecule has 3 saturated carbocycles. The first kappa shape index (κ1) is 9.28. The van der Waals surface area contributed by atoms with Crippen LogP contribution in [0.3, 0.4) is 0 Å². The third kappa shape index (κ3) is 0.725. The number of carboxylic acids is 1. The lowest BCUT2D eigenvalue weighted by Crippen LogP contribution is -2.38. The molecule has 1 N–H and O–H groups in total. The average molecular weight is 243 g/mol. The van der Waals surface area contributed by atoms with Gasteiger partial charge in [0, 0.05) is 5.92 Å². The van der Waals surface area contributed by atoms with E-state index in [1.54, 1.807) is 0 Å². The van der Waals surface area contributed by atoms with Gasteiger partial charge in [-0.25, -0.2) is 0 Å². The number of carboxylic acid groups (broad SMARTS) is 1. The minimum Gasteiger partial charge on any atom is -0.481 e. The first-order valence-electron chi connectivity index (χ1n) is 5.65. The lowest BCUT2D eigenvalue weighted by Gasteiger charge is -2.24. The fourth-order valence-corrected chi connectivity index (χ4v) is 5.21. The molecule has 4 nitrogen and oxygen atoms in total. The minimum absolute atomic E-state index is 0.0248. The Kier molecular flexibility index (Phi) is 1.39. The third-order valence-electron chi connectivity index (χ3n) is 5.14. The second-order valence-electron chi connectivity index (χ2n) is 5.52. The second-order valence-corrected chi connectivity index (χ2v) is 6.02. The molecule has 0 aromatic carbocycles. The van der Waals surface area contributed by atoms with Crippen molar-refractivity contribution in [2.75, 3.05) is 0 Å². The fraction of sp³-hybridized carbons (Fsp3) is 0.818. The maximum Gasteiger partial charge on any atom is 0.310 e. The van der Waals surface area contributed by atoms with Gasteiger partial charge in [0.15, 0.2) is 0 Å². The smallest absolute Gasteiger partial charge is 0.310 e. The fourth-order valence-electron chi connectivity index (χ4n) is 4.60. The summed E-state index contributed by atoms with van der Waals surface area (Å²) in [4.78, 5) is 23.0. The van der Waals surface area contributed by atoms with E-state index in [4.69, 9.17) is 16.3 Å². The zero-order valence-corrected chi connectivity index (χ0v) is 9.18. The van der Waals surface area contributed by atoms with Gasteiger partial charge in [0.05, 0.1) is 17.2 Å². The Labute approximate surface area is 96.9 Å². The average Bonchev–Trinajstić information content (AvgIpc) is 2.80. The van der Waals surface area contributed by atoms with Crippen molar-refractivity contribution in [3.8, 4) is 0 Å². The van der Waals surface area contributed by atoms with Crippen LogP contribution in [0.1, 0.15) is 12.8 Å². The molecule has 16 heavy (non-hydrogen) atoms. The SMILES string of the molecule is O=C(O)[C@@H]1[C@@H]2C(=O)O[C@H]3[C@H](Cl)[C@H]1C1(CC1)[C@H]32. The summed E-state index contributed by atoms with van der Waals surface area (Å²) in [6, 6.07) is 0. The predicted molar refractivity (Wildman–Crippen MR) is 52.8 cm³/mol. The van der Waals surface area contributed by atoms with Gasteiger partial charge in [-0.1, -0.05) is 0 Å². The third-order valence-corrected chi connectivity index (χ3v) is 5.66. The number of hydrogen-bond acceptors (Lipinski definition) is 3. The standard InChI is InChI=1S/C11H11ClO4/c12-7-5-3(9(13)14)4-6(11(5)1-2-11)8(7)16-10(4)15/h3-8H,1-2H2,(H,13,14)/t3-,4+,5+,6+,7-,8-/m1/s1. The van der Waals surface area contributed by atoms with E-state index in [0.29, 0.717) is 0 Å². The summed E-state index contributed by atoms with van der Waals surface area (Å²) in [5.74, 6) is -2.23. The van der Waals surface area contributed by atoms with Crippen molar-refractivity contribution in [2.24, 2.45) is 29.1 Å². The molecule has 86 valence electrons. The first-order chi connectivity index (χ1) is 7.58. The van der Waals surface area contributed by atoms with Crippen molar-refractivity contribution in [3.63, 3.8) is 0 Å². The molecule has 1 saturated heterocycles. The lowest BCUT2D eigenvalue weighted by atomic mass is 9.80. The summed E-state index contributed by atoms with van der Waals surface area (Å²) in [7, 11) is 0. The summed E-state index contributed by atoms with van der Waals surface area (Å²) in [5, 5.41) is 8.99. The Balaban J connectivity index is 1.89. The van der Waals surface area contributed by atoms with Crippen molar-refractivity contribution in [1.82, 2.24) is 0 Å². The summed E-state index contributed by atoms with van der Waals surface area (Å²) in [6.45, 7) is 0. The number of alkyl halides is 1. The molecule has 4 aliphatic rings. The molecule has 6 atom stereocenters. The van der Waals surface area contributed by atoms with E-state index in [-0.39, 0.29) is 34.7 Å². The van der Waals surface area contributed by atoms with Crippen LogP contribution < -0.4 is 0 Å². The van der Waals surface area contributed by atoms with Gasteiger partial charge in [-0.15, -0.1) is 11.6 Å². The number of rotatable bonds is 1. The maximum atomic E-state index is 11.7. The van der Waals surface area contributed by atoms with Gasteiger partial charge >= 0.3 is 11.9 Å². The van der Waals surface area contributed by atoms with Crippen LogP contribution in [0.25, 0.3) is 0 Å². The lowest BCUT2D eigenvalue weighted by molar-refractivity contribution is -0.151. The second kappa shape index (κ2) is 2.40. The highest BCUT2D eigenvalue weighted by atomic mass is 35.5. The van der Waals surface area contributed by atoms with Gasteiger partial charge in [0.2, 0.25) is 0 Å². The van der Waals surface area contributed by atoms with Crippen molar-refractivity contribution >= 4 is 23.5 Å². The Morgan fingerprint density at radius 3 is 2.69 bits per heavy atom. The van der Waals surface area contributed by atoms with Crippen LogP contribution in [-0.4, -0.2) is 28.5 Å². The summed E-state index contributed by atoms with van der Waals surface area (Å²) >= 11 is 6.29. The van der Waals surface area contributed by atoms with E-state index >= 15 is 0 Å². The van der Waals surface area contributed by atoms with Crippen LogP contribution in [-0.2, 0) is 14.3 Å². The van der Waals surface area contributed by atoms with Crippen LogP contribution >= 0.6 is 11.6 Å². The van der Waals surface area contributed by atoms with Gasteiger partial charge < -0.3 is 9.84 Å². The van der Waals surface area contributed by atoms with Crippen LogP contribution in [0.15, 0.2) is 0 Å². The van der Waals surface area contributed by atoms with Crippen LogP contribution in [0.4, 0.5) is 0 Å². The normalized spacial score (nSPS) is 54.4. The van der Waals surface area contributed by atoms with E-state index < -0.39 is 17.8 Å². The number of hydrogen-bond donors (Lipinski definition) is 1. The molecule has 1 spiro atoms. The molecular weight excluding hydrogens is 232 g/mol. The predicted octanol–water partition coefficient (Wildman–Crippen LogP) is 0.876. The van der Waals surface area contributed by atoms with Crippen molar-refractivity contribution in [1.29, 1.82) is 0 Å². The van der Waals surface area contributed by atoms with E-state index in [9.17, 15) is 14.7 Å². The highest BCUT2D eigenvalue weighted by Crippen LogP contribution is 2.77. The van der Waals surface area contributed by atoms with E-state index in [1.165, 1.54) is 0 Å². The minimum atomic E-state index is -0.883.